The van der Waals surface area contributed by atoms with Gasteiger partial charge in [-0.25, -0.2) is 0 Å². The SMILES string of the molecule is COc1cc(C=CN)cc(OC)c1OC. The molecule has 0 spiro atoms. The molecule has 0 radical (unpaired) electrons. The smallest absolute Gasteiger partial charge is 0.203 e. The van der Waals surface area contributed by atoms with Crippen LogP contribution < -0.4 is 19.9 Å². The third kappa shape index (κ3) is 2.34. The van der Waals surface area contributed by atoms with Gasteiger partial charge in [0.2, 0.25) is 5.75 Å². The quantitative estimate of drug-likeness (QED) is 0.819. The lowest BCUT2D eigenvalue weighted by molar-refractivity contribution is 0.324. The molecule has 1 aromatic rings. The van der Waals surface area contributed by atoms with Crippen molar-refractivity contribution in [1.82, 2.24) is 0 Å². The summed E-state index contributed by atoms with van der Waals surface area (Å²) in [5, 5.41) is 0. The minimum absolute atomic E-state index is 0.578. The van der Waals surface area contributed by atoms with Gasteiger partial charge < -0.3 is 19.9 Å². The molecule has 0 atom stereocenters. The first-order valence-corrected chi connectivity index (χ1v) is 4.45. The van der Waals surface area contributed by atoms with Crippen LogP contribution in [0.15, 0.2) is 18.3 Å². The van der Waals surface area contributed by atoms with Crippen molar-refractivity contribution in [3.05, 3.63) is 23.9 Å². The molecule has 0 aliphatic rings. The molecule has 0 amide bonds. The molecule has 2 N–H and O–H groups in total. The summed E-state index contributed by atoms with van der Waals surface area (Å²) >= 11 is 0. The Balaban J connectivity index is 3.28. The van der Waals surface area contributed by atoms with Crippen LogP contribution in [0.2, 0.25) is 0 Å². The van der Waals surface area contributed by atoms with Crippen LogP contribution in [-0.2, 0) is 0 Å². The van der Waals surface area contributed by atoms with Crippen molar-refractivity contribution in [3.63, 3.8) is 0 Å². The summed E-state index contributed by atoms with van der Waals surface area (Å²) in [6, 6.07) is 3.65. The monoisotopic (exact) mass is 209 g/mol. The van der Waals surface area contributed by atoms with E-state index in [0.29, 0.717) is 17.2 Å². The molecule has 0 unspecified atom stereocenters. The maximum atomic E-state index is 5.32. The first-order chi connectivity index (χ1) is 7.26. The van der Waals surface area contributed by atoms with Gasteiger partial charge in [0.15, 0.2) is 11.5 Å². The zero-order chi connectivity index (χ0) is 11.3. The van der Waals surface area contributed by atoms with Gasteiger partial charge in [-0.3, -0.25) is 0 Å². The molecule has 0 fully saturated rings. The van der Waals surface area contributed by atoms with Crippen molar-refractivity contribution < 1.29 is 14.2 Å². The van der Waals surface area contributed by atoms with E-state index in [0.717, 1.165) is 5.56 Å². The summed E-state index contributed by atoms with van der Waals surface area (Å²) in [6.07, 6.45) is 3.21. The van der Waals surface area contributed by atoms with Gasteiger partial charge in [0.25, 0.3) is 0 Å². The first-order valence-electron chi connectivity index (χ1n) is 4.45. The minimum atomic E-state index is 0.578. The van der Waals surface area contributed by atoms with E-state index in [9.17, 15) is 0 Å². The largest absolute Gasteiger partial charge is 0.493 e. The molecule has 4 heteroatoms. The molecule has 0 aromatic heterocycles. The van der Waals surface area contributed by atoms with E-state index in [1.165, 1.54) is 6.20 Å². The van der Waals surface area contributed by atoms with E-state index >= 15 is 0 Å². The van der Waals surface area contributed by atoms with Crippen LogP contribution in [0.5, 0.6) is 17.2 Å². The standard InChI is InChI=1S/C11H15NO3/c1-13-9-6-8(4-5-12)7-10(14-2)11(9)15-3/h4-7H,12H2,1-3H3. The highest BCUT2D eigenvalue weighted by Crippen LogP contribution is 2.38. The van der Waals surface area contributed by atoms with Gasteiger partial charge >= 0.3 is 0 Å². The van der Waals surface area contributed by atoms with Crippen LogP contribution in [0.25, 0.3) is 6.08 Å². The highest BCUT2D eigenvalue weighted by atomic mass is 16.5. The minimum Gasteiger partial charge on any atom is -0.493 e. The second-order valence-electron chi connectivity index (χ2n) is 2.82. The Morgan fingerprint density at radius 3 is 1.87 bits per heavy atom. The Morgan fingerprint density at radius 1 is 1.00 bits per heavy atom. The van der Waals surface area contributed by atoms with Crippen LogP contribution >= 0.6 is 0 Å². The maximum Gasteiger partial charge on any atom is 0.203 e. The van der Waals surface area contributed by atoms with E-state index in [4.69, 9.17) is 19.9 Å². The van der Waals surface area contributed by atoms with Gasteiger partial charge in [-0.2, -0.15) is 0 Å². The Bertz CT molecular complexity index is 336. The van der Waals surface area contributed by atoms with Crippen molar-refractivity contribution >= 4 is 6.08 Å². The van der Waals surface area contributed by atoms with Crippen LogP contribution in [-0.4, -0.2) is 21.3 Å². The molecule has 4 nitrogen and oxygen atoms in total. The Labute approximate surface area is 89.2 Å². The molecular weight excluding hydrogens is 194 g/mol. The van der Waals surface area contributed by atoms with Gasteiger partial charge in [-0.1, -0.05) is 0 Å². The summed E-state index contributed by atoms with van der Waals surface area (Å²) in [5.41, 5.74) is 6.22. The number of ether oxygens (including phenoxy) is 3. The zero-order valence-electron chi connectivity index (χ0n) is 9.11. The molecule has 15 heavy (non-hydrogen) atoms. The number of hydrogen-bond acceptors (Lipinski definition) is 4. The maximum absolute atomic E-state index is 5.32. The lowest BCUT2D eigenvalue weighted by atomic mass is 10.2. The number of nitrogens with two attached hydrogens (primary N) is 1. The number of rotatable bonds is 4. The normalized spacial score (nSPS) is 10.3. The fraction of sp³-hybridized carbons (Fsp3) is 0.273. The van der Waals surface area contributed by atoms with Gasteiger partial charge in [0, 0.05) is 0 Å². The van der Waals surface area contributed by atoms with Gasteiger partial charge in [-0.05, 0) is 30.0 Å². The highest BCUT2D eigenvalue weighted by Gasteiger charge is 2.11. The molecule has 0 heterocycles. The van der Waals surface area contributed by atoms with Crippen molar-refractivity contribution in [3.8, 4) is 17.2 Å². The van der Waals surface area contributed by atoms with Gasteiger partial charge in [-0.15, -0.1) is 0 Å². The summed E-state index contributed by atoms with van der Waals surface area (Å²) in [6.45, 7) is 0. The molecule has 1 rings (SSSR count). The van der Waals surface area contributed by atoms with Crippen molar-refractivity contribution in [2.45, 2.75) is 0 Å². The summed E-state index contributed by atoms with van der Waals surface area (Å²) in [4.78, 5) is 0. The molecule has 0 saturated heterocycles. The zero-order valence-corrected chi connectivity index (χ0v) is 9.11. The van der Waals surface area contributed by atoms with E-state index in [-0.39, 0.29) is 0 Å². The predicted octanol–water partition coefficient (Wildman–Crippen LogP) is 1.64. The highest BCUT2D eigenvalue weighted by molar-refractivity contribution is 5.61. The van der Waals surface area contributed by atoms with Crippen LogP contribution in [0.1, 0.15) is 5.56 Å². The lowest BCUT2D eigenvalue weighted by Crippen LogP contribution is -1.95. The molecular formula is C11H15NO3. The van der Waals surface area contributed by atoms with E-state index < -0.39 is 0 Å². The second kappa shape index (κ2) is 5.14. The third-order valence-corrected chi connectivity index (χ3v) is 1.98. The third-order valence-electron chi connectivity index (χ3n) is 1.98. The van der Waals surface area contributed by atoms with Crippen LogP contribution in [0.4, 0.5) is 0 Å². The Hall–Kier alpha value is -1.84. The molecule has 82 valence electrons. The van der Waals surface area contributed by atoms with Crippen LogP contribution in [0, 0.1) is 0 Å². The van der Waals surface area contributed by atoms with Crippen LogP contribution in [0.3, 0.4) is 0 Å². The fourth-order valence-electron chi connectivity index (χ4n) is 1.31. The van der Waals surface area contributed by atoms with Crippen molar-refractivity contribution in [1.29, 1.82) is 0 Å². The summed E-state index contributed by atoms with van der Waals surface area (Å²) in [5.74, 6) is 1.81. The number of hydrogen-bond donors (Lipinski definition) is 1. The predicted molar refractivity (Wildman–Crippen MR) is 59.3 cm³/mol. The topological polar surface area (TPSA) is 53.7 Å². The molecule has 1 aromatic carbocycles. The van der Waals surface area contributed by atoms with Gasteiger partial charge in [0.1, 0.15) is 0 Å². The van der Waals surface area contributed by atoms with Crippen molar-refractivity contribution in [2.75, 3.05) is 21.3 Å². The summed E-state index contributed by atoms with van der Waals surface area (Å²) in [7, 11) is 4.72. The fourth-order valence-corrected chi connectivity index (χ4v) is 1.31. The Morgan fingerprint density at radius 2 is 1.53 bits per heavy atom. The summed E-state index contributed by atoms with van der Waals surface area (Å²) < 4.78 is 15.6. The average Bonchev–Trinajstić information content (AvgIpc) is 2.28. The van der Waals surface area contributed by atoms with E-state index in [2.05, 4.69) is 0 Å². The average molecular weight is 209 g/mol. The Kier molecular flexibility index (Phi) is 3.85. The lowest BCUT2D eigenvalue weighted by Gasteiger charge is -2.12. The molecule has 0 bridgehead atoms. The molecule has 0 aliphatic carbocycles. The number of benzene rings is 1. The van der Waals surface area contributed by atoms with Crippen molar-refractivity contribution in [2.24, 2.45) is 5.73 Å². The van der Waals surface area contributed by atoms with Gasteiger partial charge in [0.05, 0.1) is 21.3 Å². The second-order valence-corrected chi connectivity index (χ2v) is 2.82. The number of methoxy groups -OCH3 is 3. The molecule has 0 aliphatic heterocycles. The van der Waals surface area contributed by atoms with E-state index in [1.54, 1.807) is 27.4 Å². The molecule has 0 saturated carbocycles. The van der Waals surface area contributed by atoms with E-state index in [1.807, 2.05) is 12.1 Å². The first kappa shape index (κ1) is 11.2.